The summed E-state index contributed by atoms with van der Waals surface area (Å²) in [6.45, 7) is 4.17. The van der Waals surface area contributed by atoms with Crippen molar-refractivity contribution >= 4 is 33.6 Å². The molecule has 0 bridgehead atoms. The maximum absolute atomic E-state index is 11.7. The van der Waals surface area contributed by atoms with Gasteiger partial charge in [-0.2, -0.15) is 0 Å². The Morgan fingerprint density at radius 3 is 2.90 bits per heavy atom. The fourth-order valence-electron chi connectivity index (χ4n) is 2.25. The Morgan fingerprint density at radius 2 is 2.19 bits per heavy atom. The van der Waals surface area contributed by atoms with Crippen molar-refractivity contribution < 1.29 is 0 Å². The van der Waals surface area contributed by atoms with Gasteiger partial charge in [0.25, 0.3) is 5.56 Å². The number of anilines is 2. The van der Waals surface area contributed by atoms with E-state index < -0.39 is 0 Å². The molecule has 5 nitrogen and oxygen atoms in total. The van der Waals surface area contributed by atoms with Gasteiger partial charge >= 0.3 is 0 Å². The number of aromatic amines is 1. The number of aromatic nitrogens is 2. The van der Waals surface area contributed by atoms with Crippen molar-refractivity contribution in [3.05, 3.63) is 50.7 Å². The van der Waals surface area contributed by atoms with Crippen LogP contribution < -0.4 is 16.6 Å². The van der Waals surface area contributed by atoms with E-state index >= 15 is 0 Å². The number of hydrogen-bond donors (Lipinski definition) is 3. The Hall–Kier alpha value is -2.34. The van der Waals surface area contributed by atoms with Gasteiger partial charge in [-0.3, -0.25) is 4.79 Å². The van der Waals surface area contributed by atoms with Gasteiger partial charge in [0, 0.05) is 9.75 Å². The van der Waals surface area contributed by atoms with Crippen molar-refractivity contribution in [3.63, 3.8) is 0 Å². The maximum Gasteiger partial charge on any atom is 0.258 e. The van der Waals surface area contributed by atoms with Crippen LogP contribution in [0.5, 0.6) is 0 Å². The van der Waals surface area contributed by atoms with Crippen LogP contribution >= 0.6 is 11.3 Å². The monoisotopic (exact) mass is 300 g/mol. The standard InChI is InChI=1S/C15H16N4OS/c1-8-3-4-14(21-8)9(2)19-13-6-12-10(5-11(13)16)15(20)18-7-17-12/h3-7,9,19H,16H2,1-2H3,(H,17,18,20). The lowest BCUT2D eigenvalue weighted by molar-refractivity contribution is 0.909. The summed E-state index contributed by atoms with van der Waals surface area (Å²) in [5.74, 6) is 0. The average molecular weight is 300 g/mol. The maximum atomic E-state index is 11.7. The Bertz CT molecular complexity index is 852. The normalized spacial score (nSPS) is 12.5. The van der Waals surface area contributed by atoms with Crippen molar-refractivity contribution in [1.29, 1.82) is 0 Å². The molecule has 0 amide bonds. The highest BCUT2D eigenvalue weighted by atomic mass is 32.1. The molecule has 3 aromatic rings. The van der Waals surface area contributed by atoms with Crippen LogP contribution in [0.25, 0.3) is 10.9 Å². The number of fused-ring (bicyclic) bond motifs is 1. The Labute approximate surface area is 125 Å². The van der Waals surface area contributed by atoms with E-state index in [-0.39, 0.29) is 11.6 Å². The van der Waals surface area contributed by atoms with Crippen molar-refractivity contribution in [2.75, 3.05) is 11.1 Å². The number of thiophene rings is 1. The lowest BCUT2D eigenvalue weighted by Gasteiger charge is -2.16. The van der Waals surface area contributed by atoms with Crippen LogP contribution in [0.1, 0.15) is 22.7 Å². The second kappa shape index (κ2) is 5.21. The molecular weight excluding hydrogens is 284 g/mol. The number of nitrogens with one attached hydrogen (secondary N) is 2. The Balaban J connectivity index is 1.97. The number of nitrogens with zero attached hydrogens (tertiary/aromatic N) is 1. The van der Waals surface area contributed by atoms with E-state index in [0.717, 1.165) is 5.69 Å². The molecule has 1 unspecified atom stereocenters. The van der Waals surface area contributed by atoms with Crippen molar-refractivity contribution in [3.8, 4) is 0 Å². The zero-order valence-electron chi connectivity index (χ0n) is 11.8. The van der Waals surface area contributed by atoms with Gasteiger partial charge in [0.05, 0.1) is 34.6 Å². The number of nitrogen functional groups attached to an aromatic ring is 1. The Morgan fingerprint density at radius 1 is 1.38 bits per heavy atom. The molecule has 4 N–H and O–H groups in total. The molecule has 0 saturated heterocycles. The molecule has 1 atom stereocenters. The first-order valence-corrected chi connectivity index (χ1v) is 7.46. The summed E-state index contributed by atoms with van der Waals surface area (Å²) in [5.41, 5.74) is 7.83. The quantitative estimate of drug-likeness (QED) is 0.649. The predicted molar refractivity (Wildman–Crippen MR) is 87.9 cm³/mol. The minimum absolute atomic E-state index is 0.144. The summed E-state index contributed by atoms with van der Waals surface area (Å²) in [5, 5.41) is 3.88. The molecule has 2 heterocycles. The van der Waals surface area contributed by atoms with E-state index in [4.69, 9.17) is 5.73 Å². The van der Waals surface area contributed by atoms with Gasteiger partial charge in [0.15, 0.2) is 0 Å². The predicted octanol–water partition coefficient (Wildman–Crippen LogP) is 3.05. The van der Waals surface area contributed by atoms with Crippen LogP contribution in [-0.2, 0) is 0 Å². The third-order valence-corrected chi connectivity index (χ3v) is 4.56. The van der Waals surface area contributed by atoms with E-state index in [1.165, 1.54) is 16.1 Å². The molecule has 21 heavy (non-hydrogen) atoms. The molecule has 2 aromatic heterocycles. The highest BCUT2D eigenvalue weighted by molar-refractivity contribution is 7.12. The topological polar surface area (TPSA) is 83.8 Å². The lowest BCUT2D eigenvalue weighted by Crippen LogP contribution is -2.10. The molecule has 108 valence electrons. The van der Waals surface area contributed by atoms with Gasteiger partial charge in [0.2, 0.25) is 0 Å². The number of H-pyrrole nitrogens is 1. The van der Waals surface area contributed by atoms with E-state index in [1.807, 2.05) is 6.07 Å². The first-order chi connectivity index (χ1) is 10.0. The van der Waals surface area contributed by atoms with Crippen LogP contribution in [0.15, 0.2) is 35.4 Å². The van der Waals surface area contributed by atoms with E-state index in [1.54, 1.807) is 17.4 Å². The zero-order valence-corrected chi connectivity index (χ0v) is 12.6. The molecule has 0 saturated carbocycles. The summed E-state index contributed by atoms with van der Waals surface area (Å²) < 4.78 is 0. The smallest absolute Gasteiger partial charge is 0.258 e. The van der Waals surface area contributed by atoms with Gasteiger partial charge in [-0.1, -0.05) is 0 Å². The lowest BCUT2D eigenvalue weighted by atomic mass is 10.1. The minimum atomic E-state index is -0.180. The second-order valence-electron chi connectivity index (χ2n) is 5.00. The summed E-state index contributed by atoms with van der Waals surface area (Å²) in [6, 6.07) is 7.83. The van der Waals surface area contributed by atoms with Gasteiger partial charge in [-0.15, -0.1) is 11.3 Å². The third-order valence-electron chi connectivity index (χ3n) is 3.37. The van der Waals surface area contributed by atoms with Crippen LogP contribution in [0, 0.1) is 6.92 Å². The van der Waals surface area contributed by atoms with Crippen molar-refractivity contribution in [2.24, 2.45) is 0 Å². The summed E-state index contributed by atoms with van der Waals surface area (Å²) in [7, 11) is 0. The first-order valence-electron chi connectivity index (χ1n) is 6.64. The highest BCUT2D eigenvalue weighted by Gasteiger charge is 2.11. The summed E-state index contributed by atoms with van der Waals surface area (Å²) in [6.07, 6.45) is 1.40. The highest BCUT2D eigenvalue weighted by Crippen LogP contribution is 2.29. The van der Waals surface area contributed by atoms with Gasteiger partial charge in [-0.05, 0) is 38.1 Å². The molecule has 1 aromatic carbocycles. The molecule has 0 radical (unpaired) electrons. The molecule has 3 rings (SSSR count). The SMILES string of the molecule is Cc1ccc(C(C)Nc2cc3nc[nH]c(=O)c3cc2N)s1. The number of aryl methyl sites for hydroxylation is 1. The third kappa shape index (κ3) is 2.62. The van der Waals surface area contributed by atoms with Crippen molar-refractivity contribution in [1.82, 2.24) is 9.97 Å². The summed E-state index contributed by atoms with van der Waals surface area (Å²) in [4.78, 5) is 21.0. The zero-order chi connectivity index (χ0) is 15.0. The minimum Gasteiger partial charge on any atom is -0.397 e. The second-order valence-corrected chi connectivity index (χ2v) is 6.32. The number of nitrogens with two attached hydrogens (primary N) is 1. The van der Waals surface area contributed by atoms with Crippen LogP contribution in [-0.4, -0.2) is 9.97 Å². The number of benzene rings is 1. The largest absolute Gasteiger partial charge is 0.397 e. The van der Waals surface area contributed by atoms with Crippen LogP contribution in [0.3, 0.4) is 0 Å². The van der Waals surface area contributed by atoms with Crippen LogP contribution in [0.4, 0.5) is 11.4 Å². The van der Waals surface area contributed by atoms with E-state index in [0.29, 0.717) is 16.6 Å². The average Bonchev–Trinajstić information content (AvgIpc) is 2.88. The molecule has 0 fully saturated rings. The van der Waals surface area contributed by atoms with Gasteiger partial charge < -0.3 is 16.0 Å². The van der Waals surface area contributed by atoms with Crippen LogP contribution in [0.2, 0.25) is 0 Å². The molecule has 0 aliphatic heterocycles. The molecular formula is C15H16N4OS. The van der Waals surface area contributed by atoms with Gasteiger partial charge in [0.1, 0.15) is 0 Å². The first kappa shape index (κ1) is 13.6. The molecule has 6 heteroatoms. The fourth-order valence-corrected chi connectivity index (χ4v) is 3.13. The fraction of sp³-hybridized carbons (Fsp3) is 0.200. The Kier molecular flexibility index (Phi) is 3.39. The van der Waals surface area contributed by atoms with E-state index in [9.17, 15) is 4.79 Å². The number of hydrogen-bond acceptors (Lipinski definition) is 5. The summed E-state index contributed by atoms with van der Waals surface area (Å²) >= 11 is 1.75. The molecule has 0 aliphatic rings. The van der Waals surface area contributed by atoms with Crippen molar-refractivity contribution in [2.45, 2.75) is 19.9 Å². The molecule has 0 spiro atoms. The molecule has 0 aliphatic carbocycles. The number of rotatable bonds is 3. The van der Waals surface area contributed by atoms with Gasteiger partial charge in [-0.25, -0.2) is 4.98 Å². The van der Waals surface area contributed by atoms with E-state index in [2.05, 4.69) is 41.3 Å².